The first kappa shape index (κ1) is 16.7. The summed E-state index contributed by atoms with van der Waals surface area (Å²) in [5.41, 5.74) is 2.73. The van der Waals surface area contributed by atoms with Crippen molar-refractivity contribution in [2.45, 2.75) is 20.4 Å². The van der Waals surface area contributed by atoms with Crippen LogP contribution in [0.2, 0.25) is 0 Å². The average molecular weight is 339 g/mol. The molecule has 0 aliphatic carbocycles. The van der Waals surface area contributed by atoms with Gasteiger partial charge < -0.3 is 9.30 Å². The van der Waals surface area contributed by atoms with Crippen molar-refractivity contribution in [1.82, 2.24) is 9.88 Å². The number of nitrogens with zero attached hydrogens (tertiary/aromatic N) is 1. The molecule has 0 fully saturated rings. The third kappa shape index (κ3) is 3.52. The van der Waals surface area contributed by atoms with E-state index in [-0.39, 0.29) is 11.6 Å². The van der Waals surface area contributed by atoms with Crippen LogP contribution in [0.1, 0.15) is 18.2 Å². The van der Waals surface area contributed by atoms with Crippen molar-refractivity contribution >= 4 is 22.8 Å². The second-order valence-electron chi connectivity index (χ2n) is 5.65. The van der Waals surface area contributed by atoms with E-state index < -0.39 is 11.9 Å². The Labute approximate surface area is 144 Å². The summed E-state index contributed by atoms with van der Waals surface area (Å²) >= 11 is 0. The van der Waals surface area contributed by atoms with Gasteiger partial charge in [0.05, 0.1) is 0 Å². The minimum atomic E-state index is -0.793. The minimum Gasteiger partial charge on any atom is -0.410 e. The SMILES string of the molecule is CCn1c(C)cc2ccc(C(=N)NC(=O)Oc3ccc(F)cc3)cc21. The number of benzene rings is 2. The molecule has 3 aromatic rings. The van der Waals surface area contributed by atoms with Crippen LogP contribution >= 0.6 is 0 Å². The van der Waals surface area contributed by atoms with Gasteiger partial charge in [0.25, 0.3) is 0 Å². The number of halogens is 1. The summed E-state index contributed by atoms with van der Waals surface area (Å²) in [6.45, 7) is 4.92. The fraction of sp³-hybridized carbons (Fsp3) is 0.158. The summed E-state index contributed by atoms with van der Waals surface area (Å²) in [5.74, 6) is -0.267. The van der Waals surface area contributed by atoms with E-state index in [0.717, 1.165) is 23.1 Å². The van der Waals surface area contributed by atoms with E-state index >= 15 is 0 Å². The number of aromatic nitrogens is 1. The second kappa shape index (κ2) is 6.76. The standard InChI is InChI=1S/C19H18FN3O2/c1-3-23-12(2)10-13-4-5-14(11-17(13)23)18(21)22-19(24)25-16-8-6-15(20)7-9-16/h4-11H,3H2,1-2H3,(H2,21,22,24). The number of hydrogen-bond donors (Lipinski definition) is 2. The Balaban J connectivity index is 1.75. The molecule has 6 heteroatoms. The molecule has 0 aliphatic heterocycles. The fourth-order valence-corrected chi connectivity index (χ4v) is 2.78. The highest BCUT2D eigenvalue weighted by Crippen LogP contribution is 2.21. The molecule has 0 aliphatic rings. The number of amidine groups is 1. The Hall–Kier alpha value is -3.15. The molecule has 5 nitrogen and oxygen atoms in total. The molecule has 0 atom stereocenters. The number of aryl methyl sites for hydroxylation is 2. The quantitative estimate of drug-likeness (QED) is 0.554. The van der Waals surface area contributed by atoms with Gasteiger partial charge in [-0.25, -0.2) is 9.18 Å². The predicted molar refractivity (Wildman–Crippen MR) is 94.7 cm³/mol. The maximum atomic E-state index is 12.9. The van der Waals surface area contributed by atoms with Crippen LogP contribution in [0, 0.1) is 18.2 Å². The van der Waals surface area contributed by atoms with Crippen LogP contribution in [0.3, 0.4) is 0 Å². The molecular formula is C19H18FN3O2. The Bertz CT molecular complexity index is 945. The molecule has 128 valence electrons. The summed E-state index contributed by atoms with van der Waals surface area (Å²) < 4.78 is 20.0. The number of carbonyl (C=O) groups is 1. The smallest absolute Gasteiger partial charge is 0.410 e. The highest BCUT2D eigenvalue weighted by molar-refractivity contribution is 6.06. The van der Waals surface area contributed by atoms with Crippen molar-refractivity contribution in [3.8, 4) is 5.75 Å². The first-order valence-corrected chi connectivity index (χ1v) is 7.91. The molecule has 0 saturated carbocycles. The van der Waals surface area contributed by atoms with Gasteiger partial charge in [-0.3, -0.25) is 10.7 Å². The van der Waals surface area contributed by atoms with Crippen LogP contribution in [0.15, 0.2) is 48.5 Å². The lowest BCUT2D eigenvalue weighted by Crippen LogP contribution is -2.33. The number of fused-ring (bicyclic) bond motifs is 1. The lowest BCUT2D eigenvalue weighted by molar-refractivity contribution is 0.206. The third-order valence-electron chi connectivity index (χ3n) is 3.97. The van der Waals surface area contributed by atoms with E-state index in [0.29, 0.717) is 5.56 Å². The van der Waals surface area contributed by atoms with E-state index in [2.05, 4.69) is 22.9 Å². The predicted octanol–water partition coefficient (Wildman–Crippen LogP) is 4.22. The number of nitrogens with one attached hydrogen (secondary N) is 2. The van der Waals surface area contributed by atoms with Gasteiger partial charge in [0, 0.05) is 23.3 Å². The second-order valence-corrected chi connectivity index (χ2v) is 5.65. The summed E-state index contributed by atoms with van der Waals surface area (Å²) in [4.78, 5) is 11.9. The molecule has 1 aromatic heterocycles. The van der Waals surface area contributed by atoms with Crippen LogP contribution in [0.4, 0.5) is 9.18 Å². The Kier molecular flexibility index (Phi) is 4.52. The topological polar surface area (TPSA) is 67.1 Å². The maximum Gasteiger partial charge on any atom is 0.418 e. The van der Waals surface area contributed by atoms with Crippen molar-refractivity contribution in [1.29, 1.82) is 5.41 Å². The number of amides is 1. The highest BCUT2D eigenvalue weighted by atomic mass is 19.1. The molecule has 1 heterocycles. The normalized spacial score (nSPS) is 10.7. The van der Waals surface area contributed by atoms with E-state index in [1.807, 2.05) is 19.1 Å². The van der Waals surface area contributed by atoms with Gasteiger partial charge >= 0.3 is 6.09 Å². The first-order chi connectivity index (χ1) is 12.0. The number of carbonyl (C=O) groups excluding carboxylic acids is 1. The lowest BCUT2D eigenvalue weighted by atomic mass is 10.1. The number of rotatable bonds is 3. The minimum absolute atomic E-state index is 0.0597. The largest absolute Gasteiger partial charge is 0.418 e. The van der Waals surface area contributed by atoms with Gasteiger partial charge in [-0.1, -0.05) is 12.1 Å². The first-order valence-electron chi connectivity index (χ1n) is 7.91. The van der Waals surface area contributed by atoms with Crippen LogP contribution in [0.5, 0.6) is 5.75 Å². The molecular weight excluding hydrogens is 321 g/mol. The summed E-state index contributed by atoms with van der Waals surface area (Å²) in [7, 11) is 0. The van der Waals surface area contributed by atoms with Crippen molar-refractivity contribution in [3.05, 3.63) is 65.6 Å². The molecule has 0 unspecified atom stereocenters. The van der Waals surface area contributed by atoms with Crippen molar-refractivity contribution < 1.29 is 13.9 Å². The highest BCUT2D eigenvalue weighted by Gasteiger charge is 2.11. The van der Waals surface area contributed by atoms with Gasteiger partial charge in [0.2, 0.25) is 0 Å². The van der Waals surface area contributed by atoms with E-state index in [4.69, 9.17) is 10.1 Å². The molecule has 25 heavy (non-hydrogen) atoms. The molecule has 1 amide bonds. The zero-order chi connectivity index (χ0) is 18.0. The number of ether oxygens (including phenoxy) is 1. The molecule has 3 rings (SSSR count). The summed E-state index contributed by atoms with van der Waals surface area (Å²) in [6, 6.07) is 12.7. The monoisotopic (exact) mass is 339 g/mol. The molecule has 2 aromatic carbocycles. The van der Waals surface area contributed by atoms with E-state index in [9.17, 15) is 9.18 Å². The summed E-state index contributed by atoms with van der Waals surface area (Å²) in [6.07, 6.45) is -0.793. The van der Waals surface area contributed by atoms with Crippen molar-refractivity contribution in [3.63, 3.8) is 0 Å². The fourth-order valence-electron chi connectivity index (χ4n) is 2.78. The zero-order valence-corrected chi connectivity index (χ0v) is 14.0. The lowest BCUT2D eigenvalue weighted by Gasteiger charge is -2.09. The van der Waals surface area contributed by atoms with Gasteiger partial charge in [-0.15, -0.1) is 0 Å². The van der Waals surface area contributed by atoms with Crippen LogP contribution < -0.4 is 10.1 Å². The molecule has 0 radical (unpaired) electrons. The van der Waals surface area contributed by atoms with Gasteiger partial charge in [0.1, 0.15) is 17.4 Å². The van der Waals surface area contributed by atoms with Crippen molar-refractivity contribution in [2.75, 3.05) is 0 Å². The van der Waals surface area contributed by atoms with Gasteiger partial charge in [-0.05, 0) is 55.6 Å². The van der Waals surface area contributed by atoms with Crippen molar-refractivity contribution in [2.24, 2.45) is 0 Å². The van der Waals surface area contributed by atoms with Crippen LogP contribution in [-0.4, -0.2) is 16.5 Å². The Morgan fingerprint density at radius 3 is 2.60 bits per heavy atom. The van der Waals surface area contributed by atoms with E-state index in [1.165, 1.54) is 24.3 Å². The maximum absolute atomic E-state index is 12.9. The zero-order valence-electron chi connectivity index (χ0n) is 14.0. The molecule has 0 saturated heterocycles. The molecule has 0 bridgehead atoms. The van der Waals surface area contributed by atoms with Gasteiger partial charge in [0.15, 0.2) is 0 Å². The number of hydrogen-bond acceptors (Lipinski definition) is 3. The van der Waals surface area contributed by atoms with Crippen LogP contribution in [-0.2, 0) is 6.54 Å². The van der Waals surface area contributed by atoms with E-state index in [1.54, 1.807) is 6.07 Å². The van der Waals surface area contributed by atoms with Crippen LogP contribution in [0.25, 0.3) is 10.9 Å². The average Bonchev–Trinajstić information content (AvgIpc) is 2.90. The Morgan fingerprint density at radius 1 is 1.20 bits per heavy atom. The molecule has 2 N–H and O–H groups in total. The Morgan fingerprint density at radius 2 is 1.92 bits per heavy atom. The summed E-state index contributed by atoms with van der Waals surface area (Å²) in [5, 5.41) is 11.6. The third-order valence-corrected chi connectivity index (χ3v) is 3.97. The van der Waals surface area contributed by atoms with Gasteiger partial charge in [-0.2, -0.15) is 0 Å². The molecule has 0 spiro atoms.